The van der Waals surface area contributed by atoms with Gasteiger partial charge in [-0.25, -0.2) is 0 Å². The second-order valence-corrected chi connectivity index (χ2v) is 4.01. The van der Waals surface area contributed by atoms with Gasteiger partial charge in [-0.2, -0.15) is 0 Å². The summed E-state index contributed by atoms with van der Waals surface area (Å²) in [6, 6.07) is 5.42. The van der Waals surface area contributed by atoms with Crippen LogP contribution >= 0.6 is 35.4 Å². The van der Waals surface area contributed by atoms with Gasteiger partial charge in [0.25, 0.3) is 0 Å². The van der Waals surface area contributed by atoms with E-state index in [1.54, 1.807) is 18.3 Å². The van der Waals surface area contributed by atoms with E-state index in [1.165, 1.54) is 0 Å². The van der Waals surface area contributed by atoms with Crippen LogP contribution < -0.4 is 0 Å². The average Bonchev–Trinajstić information content (AvgIpc) is 2.57. The van der Waals surface area contributed by atoms with Crippen LogP contribution in [0.4, 0.5) is 0 Å². The van der Waals surface area contributed by atoms with Crippen LogP contribution in [0.15, 0.2) is 24.4 Å². The molecule has 0 atom stereocenters. The Labute approximate surface area is 95.9 Å². The summed E-state index contributed by atoms with van der Waals surface area (Å²) in [5, 5.41) is 1.08. The molecule has 0 amide bonds. The van der Waals surface area contributed by atoms with Gasteiger partial charge < -0.3 is 9.97 Å². The van der Waals surface area contributed by atoms with Crippen molar-refractivity contribution in [3.05, 3.63) is 39.2 Å². The molecule has 5 heteroatoms. The van der Waals surface area contributed by atoms with Crippen LogP contribution in [0.3, 0.4) is 0 Å². The fourth-order valence-corrected chi connectivity index (χ4v) is 1.62. The van der Waals surface area contributed by atoms with Crippen LogP contribution in [0.5, 0.6) is 0 Å². The van der Waals surface area contributed by atoms with Gasteiger partial charge in [0.2, 0.25) is 0 Å². The molecule has 0 fully saturated rings. The van der Waals surface area contributed by atoms with Crippen LogP contribution in [0, 0.1) is 4.77 Å². The third kappa shape index (κ3) is 1.85. The second kappa shape index (κ2) is 3.77. The molecule has 0 saturated heterocycles. The fraction of sp³-hybridized carbons (Fsp3) is 0. The average molecular weight is 245 g/mol. The summed E-state index contributed by atoms with van der Waals surface area (Å²) in [5.74, 6) is 0. The van der Waals surface area contributed by atoms with E-state index in [2.05, 4.69) is 9.97 Å². The maximum Gasteiger partial charge on any atom is 0.174 e. The Morgan fingerprint density at radius 2 is 1.93 bits per heavy atom. The summed E-state index contributed by atoms with van der Waals surface area (Å²) in [6.45, 7) is 0. The highest BCUT2D eigenvalue weighted by molar-refractivity contribution is 7.71. The van der Waals surface area contributed by atoms with E-state index < -0.39 is 0 Å². The Hall–Kier alpha value is -0.770. The lowest BCUT2D eigenvalue weighted by Crippen LogP contribution is -1.77. The van der Waals surface area contributed by atoms with E-state index in [4.69, 9.17) is 35.4 Å². The van der Waals surface area contributed by atoms with Gasteiger partial charge >= 0.3 is 0 Å². The monoisotopic (exact) mass is 244 g/mol. The molecule has 14 heavy (non-hydrogen) atoms. The Balaban J connectivity index is 2.52. The summed E-state index contributed by atoms with van der Waals surface area (Å²) < 4.78 is 0.589. The van der Waals surface area contributed by atoms with Gasteiger partial charge in [-0.15, -0.1) is 0 Å². The van der Waals surface area contributed by atoms with Crippen LogP contribution in [0.2, 0.25) is 10.0 Å². The highest BCUT2D eigenvalue weighted by atomic mass is 35.5. The zero-order valence-corrected chi connectivity index (χ0v) is 9.30. The normalized spacial score (nSPS) is 10.4. The number of imidazole rings is 1. The lowest BCUT2D eigenvalue weighted by Gasteiger charge is -1.99. The van der Waals surface area contributed by atoms with Crippen molar-refractivity contribution in [1.82, 2.24) is 9.97 Å². The molecule has 0 aliphatic carbocycles. The molecule has 0 unspecified atom stereocenters. The van der Waals surface area contributed by atoms with Crippen LogP contribution in [-0.4, -0.2) is 9.97 Å². The van der Waals surface area contributed by atoms with E-state index >= 15 is 0 Å². The van der Waals surface area contributed by atoms with Gasteiger partial charge in [0.1, 0.15) is 0 Å². The third-order valence-corrected chi connectivity index (χ3v) is 2.79. The minimum Gasteiger partial charge on any atom is -0.337 e. The third-order valence-electron chi connectivity index (χ3n) is 1.83. The Morgan fingerprint density at radius 1 is 1.14 bits per heavy atom. The summed E-state index contributed by atoms with van der Waals surface area (Å²) >= 11 is 16.6. The van der Waals surface area contributed by atoms with Gasteiger partial charge in [-0.3, -0.25) is 0 Å². The molecule has 0 saturated carbocycles. The first-order chi connectivity index (χ1) is 6.66. The van der Waals surface area contributed by atoms with Crippen molar-refractivity contribution in [2.75, 3.05) is 0 Å². The first kappa shape index (κ1) is 9.77. The molecule has 0 aliphatic heterocycles. The van der Waals surface area contributed by atoms with E-state index in [0.717, 1.165) is 11.3 Å². The van der Waals surface area contributed by atoms with E-state index in [9.17, 15) is 0 Å². The molecule has 2 N–H and O–H groups in total. The number of benzene rings is 1. The first-order valence-electron chi connectivity index (χ1n) is 3.90. The molecule has 0 aliphatic rings. The molecule has 1 aromatic heterocycles. The van der Waals surface area contributed by atoms with Crippen LogP contribution in [-0.2, 0) is 0 Å². The van der Waals surface area contributed by atoms with Crippen molar-refractivity contribution in [3.8, 4) is 11.3 Å². The maximum atomic E-state index is 5.89. The molecule has 2 rings (SSSR count). The van der Waals surface area contributed by atoms with Gasteiger partial charge in [-0.05, 0) is 24.4 Å². The summed E-state index contributed by atoms with van der Waals surface area (Å²) in [4.78, 5) is 5.88. The smallest absolute Gasteiger partial charge is 0.174 e. The number of hydrogen-bond donors (Lipinski definition) is 2. The van der Waals surface area contributed by atoms with E-state index in [1.807, 2.05) is 6.07 Å². The largest absolute Gasteiger partial charge is 0.337 e. The molecule has 72 valence electrons. The van der Waals surface area contributed by atoms with Gasteiger partial charge in [-0.1, -0.05) is 29.3 Å². The molecule has 0 spiro atoms. The molecular formula is C9H6Cl2N2S. The first-order valence-corrected chi connectivity index (χ1v) is 5.06. The van der Waals surface area contributed by atoms with Gasteiger partial charge in [0.05, 0.1) is 15.7 Å². The number of H-pyrrole nitrogens is 2. The number of aromatic amines is 2. The number of halogens is 2. The number of rotatable bonds is 1. The number of hydrogen-bond acceptors (Lipinski definition) is 1. The topological polar surface area (TPSA) is 31.6 Å². The van der Waals surface area contributed by atoms with Crippen molar-refractivity contribution in [3.63, 3.8) is 0 Å². The lowest BCUT2D eigenvalue weighted by molar-refractivity contribution is 1.27. The maximum absolute atomic E-state index is 5.89. The van der Waals surface area contributed by atoms with E-state index in [0.29, 0.717) is 14.8 Å². The molecule has 2 nitrogen and oxygen atoms in total. The Kier molecular flexibility index (Phi) is 2.63. The molecule has 1 aromatic carbocycles. The molecule has 2 aromatic rings. The van der Waals surface area contributed by atoms with Crippen molar-refractivity contribution in [2.45, 2.75) is 0 Å². The number of aromatic nitrogens is 2. The standard InChI is InChI=1S/C9H6Cl2N2S/c10-6-2-1-5(3-7(6)11)8-4-12-9(14)13-8/h1-4H,(H2,12,13,14). The zero-order chi connectivity index (χ0) is 10.1. The quantitative estimate of drug-likeness (QED) is 0.730. The van der Waals surface area contributed by atoms with Gasteiger partial charge in [0.15, 0.2) is 4.77 Å². The predicted octanol–water partition coefficient (Wildman–Crippen LogP) is 4.05. The van der Waals surface area contributed by atoms with Crippen LogP contribution in [0.25, 0.3) is 11.3 Å². The highest BCUT2D eigenvalue weighted by Crippen LogP contribution is 2.27. The number of nitrogens with one attached hydrogen (secondary N) is 2. The summed E-state index contributed by atoms with van der Waals surface area (Å²) in [7, 11) is 0. The lowest BCUT2D eigenvalue weighted by atomic mass is 10.2. The Morgan fingerprint density at radius 3 is 2.50 bits per heavy atom. The summed E-state index contributed by atoms with van der Waals surface area (Å²) in [6.07, 6.45) is 1.79. The van der Waals surface area contributed by atoms with Gasteiger partial charge in [0, 0.05) is 11.8 Å². The highest BCUT2D eigenvalue weighted by Gasteiger charge is 2.02. The van der Waals surface area contributed by atoms with Crippen molar-refractivity contribution in [1.29, 1.82) is 0 Å². The minimum absolute atomic E-state index is 0.532. The molecular weight excluding hydrogens is 239 g/mol. The van der Waals surface area contributed by atoms with Crippen molar-refractivity contribution >= 4 is 35.4 Å². The van der Waals surface area contributed by atoms with Crippen molar-refractivity contribution in [2.24, 2.45) is 0 Å². The van der Waals surface area contributed by atoms with E-state index in [-0.39, 0.29) is 0 Å². The summed E-state index contributed by atoms with van der Waals surface area (Å²) in [5.41, 5.74) is 1.85. The van der Waals surface area contributed by atoms with Crippen molar-refractivity contribution < 1.29 is 0 Å². The fourth-order valence-electron chi connectivity index (χ4n) is 1.15. The minimum atomic E-state index is 0.532. The SMILES string of the molecule is S=c1[nH]cc(-c2ccc(Cl)c(Cl)c2)[nH]1. The Bertz CT molecular complexity index is 516. The second-order valence-electron chi connectivity index (χ2n) is 2.79. The molecule has 0 radical (unpaired) electrons. The molecule has 1 heterocycles. The predicted molar refractivity (Wildman–Crippen MR) is 61.4 cm³/mol. The zero-order valence-electron chi connectivity index (χ0n) is 6.97. The van der Waals surface area contributed by atoms with Crippen LogP contribution in [0.1, 0.15) is 0 Å². The molecule has 0 bridgehead atoms.